The second-order valence-corrected chi connectivity index (χ2v) is 32.9. The number of hydrogen-bond acceptors (Lipinski definition) is 11. The summed E-state index contributed by atoms with van der Waals surface area (Å²) in [5.74, 6) is 14.8. The summed E-state index contributed by atoms with van der Waals surface area (Å²) in [6.45, 7) is 50.6. The number of hydrogen-bond donors (Lipinski definition) is 0. The van der Waals surface area contributed by atoms with E-state index in [4.69, 9.17) is 33.2 Å². The van der Waals surface area contributed by atoms with E-state index in [0.29, 0.717) is 29.5 Å². The van der Waals surface area contributed by atoms with Gasteiger partial charge in [-0.05, 0) is 203 Å². The second-order valence-electron chi connectivity index (χ2n) is 27.1. The van der Waals surface area contributed by atoms with Crippen LogP contribution in [0.25, 0.3) is 0 Å². The molecule has 7 nitrogen and oxygen atoms in total. The third-order valence-electron chi connectivity index (χ3n) is 16.2. The van der Waals surface area contributed by atoms with Crippen LogP contribution in [0.5, 0.6) is 0 Å². The lowest BCUT2D eigenvalue weighted by Crippen LogP contribution is -2.27. The van der Waals surface area contributed by atoms with Gasteiger partial charge in [0.15, 0.2) is 12.6 Å². The average Bonchev–Trinajstić information content (AvgIpc) is 3.44. The fraction of sp³-hybridized carbons (Fsp3) is 0.948. The predicted octanol–water partition coefficient (Wildman–Crippen LogP) is 26.1. The van der Waals surface area contributed by atoms with Crippen LogP contribution < -0.4 is 0 Å². The summed E-state index contributed by atoms with van der Waals surface area (Å²) in [5.41, 5.74) is 3.61. The Morgan fingerprint density at radius 3 is 0.841 bits per heavy atom. The van der Waals surface area contributed by atoms with E-state index in [1.165, 1.54) is 126 Å². The molecular weight excluding hydrogens is 1170 g/mol. The number of allylic oxidation sites excluding steroid dienone is 4. The van der Waals surface area contributed by atoms with Gasteiger partial charge in [-0.3, -0.25) is 0 Å². The Morgan fingerprint density at radius 1 is 0.295 bits per heavy atom. The molecule has 88 heavy (non-hydrogen) atoms. The molecule has 0 spiro atoms. The van der Waals surface area contributed by atoms with Crippen molar-refractivity contribution in [2.24, 2.45) is 65.1 Å². The lowest BCUT2D eigenvalue weighted by Gasteiger charge is -2.24. The van der Waals surface area contributed by atoms with Crippen molar-refractivity contribution in [1.82, 2.24) is 0 Å². The van der Waals surface area contributed by atoms with Crippen molar-refractivity contribution >= 4 is 47.0 Å². The minimum absolute atomic E-state index is 0. The molecule has 3 aliphatic carbocycles. The van der Waals surface area contributed by atoms with Crippen molar-refractivity contribution < 1.29 is 34.6 Å². The van der Waals surface area contributed by atoms with Gasteiger partial charge in [-0.25, -0.2) is 0 Å². The van der Waals surface area contributed by atoms with E-state index in [9.17, 15) is 0 Å². The van der Waals surface area contributed by atoms with Gasteiger partial charge < -0.3 is 33.2 Å². The molecule has 10 rings (SSSR count). The summed E-state index contributed by atoms with van der Waals surface area (Å²) >= 11 is 8.21. The van der Waals surface area contributed by atoms with Crippen LogP contribution in [-0.2, 0) is 33.2 Å². The van der Waals surface area contributed by atoms with Crippen LogP contribution in [0, 0.1) is 65.1 Å². The lowest BCUT2D eigenvalue weighted by molar-refractivity contribution is -0.187. The Morgan fingerprint density at radius 2 is 0.614 bits per heavy atom. The maximum Gasteiger partial charge on any atom is 0.154 e. The topological polar surface area (TPSA) is 64.6 Å². The molecule has 10 unspecified atom stereocenters. The van der Waals surface area contributed by atoms with Crippen molar-refractivity contribution in [2.45, 2.75) is 341 Å². The highest BCUT2D eigenvalue weighted by molar-refractivity contribution is 8.17. The van der Waals surface area contributed by atoms with Gasteiger partial charge in [0.25, 0.3) is 0 Å². The van der Waals surface area contributed by atoms with E-state index in [-0.39, 0.29) is 73.4 Å². The van der Waals surface area contributed by atoms with Gasteiger partial charge in [-0.2, -0.15) is 11.8 Å². The molecule has 1 saturated carbocycles. The number of ether oxygens (including phenoxy) is 7. The first-order valence-electron chi connectivity index (χ1n) is 33.0. The molecule has 10 atom stereocenters. The van der Waals surface area contributed by atoms with E-state index in [0.717, 1.165) is 109 Å². The van der Waals surface area contributed by atoms with Gasteiger partial charge in [-0.15, -0.1) is 35.3 Å². The van der Waals surface area contributed by atoms with Crippen LogP contribution in [0.2, 0.25) is 0 Å². The zero-order valence-electron chi connectivity index (χ0n) is 56.1. The van der Waals surface area contributed by atoms with Gasteiger partial charge in [0.05, 0.1) is 50.7 Å². The molecule has 7 heterocycles. The Labute approximate surface area is 576 Å². The fourth-order valence-corrected chi connectivity index (χ4v) is 13.9. The third kappa shape index (κ3) is 62.7. The van der Waals surface area contributed by atoms with Gasteiger partial charge in [0, 0.05) is 42.1 Å². The van der Waals surface area contributed by atoms with Crippen molar-refractivity contribution in [2.75, 3.05) is 69.3 Å². The van der Waals surface area contributed by atoms with Crippen LogP contribution in [0.3, 0.4) is 0 Å². The number of rotatable bonds is 0. The minimum atomic E-state index is 0. The van der Waals surface area contributed by atoms with Crippen molar-refractivity contribution in [3.05, 3.63) is 23.3 Å². The van der Waals surface area contributed by atoms with Crippen molar-refractivity contribution in [3.63, 3.8) is 0 Å². The fourth-order valence-electron chi connectivity index (χ4n) is 9.45. The van der Waals surface area contributed by atoms with Crippen LogP contribution >= 0.6 is 47.0 Å². The molecule has 0 N–H and O–H groups in total. The minimum Gasteiger partial charge on any atom is -0.378 e. The van der Waals surface area contributed by atoms with Crippen LogP contribution in [0.4, 0.5) is 0 Å². The molecule has 11 heteroatoms. The molecule has 8 fully saturated rings. The van der Waals surface area contributed by atoms with Gasteiger partial charge >= 0.3 is 0 Å². The highest BCUT2D eigenvalue weighted by Gasteiger charge is 2.19. The maximum atomic E-state index is 5.39. The molecular formula is C77H168O7S4. The van der Waals surface area contributed by atoms with E-state index >= 15 is 0 Å². The first kappa shape index (κ1) is 105. The van der Waals surface area contributed by atoms with Gasteiger partial charge in [0.2, 0.25) is 0 Å². The number of thioether (sulfide) groups is 4. The largest absolute Gasteiger partial charge is 0.378 e. The third-order valence-corrected chi connectivity index (χ3v) is 22.4. The van der Waals surface area contributed by atoms with E-state index in [2.05, 4.69) is 172 Å². The van der Waals surface area contributed by atoms with E-state index in [1.54, 1.807) is 11.1 Å². The first-order chi connectivity index (χ1) is 37.9. The maximum absolute atomic E-state index is 5.39. The Kier molecular flexibility index (Phi) is 77.2. The Bertz CT molecular complexity index is 1100. The molecule has 0 aromatic rings. The highest BCUT2D eigenvalue weighted by Crippen LogP contribution is 2.33. The molecule has 0 aromatic carbocycles. The normalized spacial score (nSPS) is 34.3. The summed E-state index contributed by atoms with van der Waals surface area (Å²) < 4.78 is 37.7. The predicted molar refractivity (Wildman–Crippen MR) is 416 cm³/mol. The summed E-state index contributed by atoms with van der Waals surface area (Å²) in [6, 6.07) is 0. The Balaban J connectivity index is -0.000000113. The van der Waals surface area contributed by atoms with Crippen LogP contribution in [0.15, 0.2) is 23.3 Å². The van der Waals surface area contributed by atoms with Crippen LogP contribution in [0.1, 0.15) is 302 Å². The molecule has 0 bridgehead atoms. The lowest BCUT2D eigenvalue weighted by atomic mass is 9.84. The quantitative estimate of drug-likeness (QED) is 0.218. The monoisotopic (exact) mass is 1330 g/mol. The first-order valence-corrected chi connectivity index (χ1v) is 37.2. The summed E-state index contributed by atoms with van der Waals surface area (Å²) in [4.78, 5) is 0. The van der Waals surface area contributed by atoms with Crippen molar-refractivity contribution in [1.29, 1.82) is 0 Å². The molecule has 7 aliphatic heterocycles. The average molecular weight is 1330 g/mol. The molecule has 7 saturated heterocycles. The zero-order valence-corrected chi connectivity index (χ0v) is 59.4. The summed E-state index contributed by atoms with van der Waals surface area (Å²) in [7, 11) is 0. The SMILES string of the molecule is C.C.C.C.C.C.C.C.CC1=CCC(C)CC1.CC1=CCC(C)CC1.CC1CCC(C)CC1.CC1CCC(C)OC1.CC1CCC(C)OC1.CC1CCC(C)SC1.CC1COC(C)OC1.CC1COC(C)OC1.CC1COC(C)SC1.CC1CSC(C)SC1.[HH]. The van der Waals surface area contributed by atoms with Gasteiger partial charge in [0.1, 0.15) is 0 Å². The smallest absolute Gasteiger partial charge is 0.154 e. The molecule has 0 amide bonds. The molecule has 0 aromatic heterocycles. The molecule has 10 aliphatic rings. The summed E-state index contributed by atoms with van der Waals surface area (Å²) in [5, 5.41) is 0.936. The second kappa shape index (κ2) is 64.9. The molecule has 0 radical (unpaired) electrons. The zero-order chi connectivity index (χ0) is 59.8. The van der Waals surface area contributed by atoms with E-state index < -0.39 is 0 Å². The van der Waals surface area contributed by atoms with Gasteiger partial charge in [-0.1, -0.05) is 191 Å². The Hall–Kier alpha value is 0.600. The highest BCUT2D eigenvalue weighted by atomic mass is 32.2. The standard InChI is InChI=1S/C8H16.2C8H14.2C7H14O.C7H14S.2C6H12O2.C6H12OS.C6H12S2.8CH4.H2/c3*1-7-3-5-8(2)6-4-7;3*1-6-3-4-7(2)8-5-6;4*1-5-3-7-6(2)8-4-5;;;;;;;;;/h7-8H,3-6H2,1-2H3;2*3,8H,4-6H2,1-2H3;3*6-7H,3-5H2,1-2H3;4*5-6H,3-4H2,1-2H3;8*1H4;1H. The molecule has 542 valence electrons. The summed E-state index contributed by atoms with van der Waals surface area (Å²) in [6.07, 6.45) is 27.9. The van der Waals surface area contributed by atoms with Crippen LogP contribution in [-0.4, -0.2) is 109 Å². The van der Waals surface area contributed by atoms with E-state index in [1.807, 2.05) is 25.6 Å². The van der Waals surface area contributed by atoms with Crippen molar-refractivity contribution in [3.8, 4) is 0 Å².